The summed E-state index contributed by atoms with van der Waals surface area (Å²) >= 11 is 0. The second kappa shape index (κ2) is 8.95. The number of hydrogen-bond donors (Lipinski definition) is 2. The van der Waals surface area contributed by atoms with Gasteiger partial charge in [-0.25, -0.2) is 9.37 Å². The molecule has 0 bridgehead atoms. The lowest BCUT2D eigenvalue weighted by Crippen LogP contribution is -2.26. The van der Waals surface area contributed by atoms with E-state index >= 15 is 0 Å². The van der Waals surface area contributed by atoms with Crippen molar-refractivity contribution in [3.8, 4) is 28.8 Å². The standard InChI is InChI=1S/C22H18FN3O3/c23-20-10-15(12-24)13-26-22(20)29-19-6-4-16(5-7-19)17-3-1-2-14(8-17)9-18(25)11-21(27)28/h1-8,10,13,18H,9,11,25H2,(H,27,28). The number of nitrogens with two attached hydrogens (primary N) is 1. The molecule has 29 heavy (non-hydrogen) atoms. The molecule has 146 valence electrons. The number of carboxylic acid groups (broad SMARTS) is 1. The van der Waals surface area contributed by atoms with Crippen LogP contribution in [-0.2, 0) is 11.2 Å². The van der Waals surface area contributed by atoms with Crippen molar-refractivity contribution in [3.63, 3.8) is 0 Å². The number of pyridine rings is 1. The number of halogens is 1. The predicted octanol–water partition coefficient (Wildman–Crippen LogP) is 3.90. The molecule has 3 aromatic rings. The number of carboxylic acids is 1. The van der Waals surface area contributed by atoms with Gasteiger partial charge in [0, 0.05) is 12.2 Å². The number of nitrogens with zero attached hydrogens (tertiary/aromatic N) is 2. The molecule has 0 radical (unpaired) electrons. The Hall–Kier alpha value is -3.76. The van der Waals surface area contributed by atoms with Gasteiger partial charge in [-0.1, -0.05) is 36.4 Å². The molecule has 1 atom stereocenters. The Balaban J connectivity index is 1.72. The fourth-order valence-electron chi connectivity index (χ4n) is 2.87. The van der Waals surface area contributed by atoms with E-state index in [1.807, 2.05) is 42.5 Å². The second-order valence-electron chi connectivity index (χ2n) is 6.51. The van der Waals surface area contributed by atoms with E-state index in [9.17, 15) is 9.18 Å². The van der Waals surface area contributed by atoms with E-state index in [4.69, 9.17) is 20.8 Å². The number of aromatic nitrogens is 1. The van der Waals surface area contributed by atoms with Gasteiger partial charge in [0.1, 0.15) is 11.8 Å². The Bertz CT molecular complexity index is 1060. The fraction of sp³-hybridized carbons (Fsp3) is 0.136. The van der Waals surface area contributed by atoms with E-state index in [0.29, 0.717) is 12.2 Å². The molecule has 0 saturated heterocycles. The Morgan fingerprint density at radius 2 is 1.97 bits per heavy atom. The lowest BCUT2D eigenvalue weighted by molar-refractivity contribution is -0.137. The van der Waals surface area contributed by atoms with Crippen molar-refractivity contribution >= 4 is 5.97 Å². The van der Waals surface area contributed by atoms with E-state index in [2.05, 4.69) is 4.98 Å². The van der Waals surface area contributed by atoms with Crippen LogP contribution in [0.5, 0.6) is 11.6 Å². The van der Waals surface area contributed by atoms with Crippen LogP contribution in [0.4, 0.5) is 4.39 Å². The van der Waals surface area contributed by atoms with E-state index in [-0.39, 0.29) is 17.9 Å². The van der Waals surface area contributed by atoms with Crippen LogP contribution in [0.2, 0.25) is 0 Å². The van der Waals surface area contributed by atoms with Crippen molar-refractivity contribution in [1.29, 1.82) is 5.26 Å². The van der Waals surface area contributed by atoms with Crippen LogP contribution in [0.1, 0.15) is 17.5 Å². The van der Waals surface area contributed by atoms with Gasteiger partial charge in [0.2, 0.25) is 0 Å². The van der Waals surface area contributed by atoms with Gasteiger partial charge in [-0.15, -0.1) is 0 Å². The first-order valence-electron chi connectivity index (χ1n) is 8.85. The van der Waals surface area contributed by atoms with Gasteiger partial charge in [-0.2, -0.15) is 5.26 Å². The van der Waals surface area contributed by atoms with Crippen LogP contribution in [0.15, 0.2) is 60.8 Å². The molecule has 0 amide bonds. The molecule has 3 N–H and O–H groups in total. The summed E-state index contributed by atoms with van der Waals surface area (Å²) in [5.41, 5.74) is 8.79. The summed E-state index contributed by atoms with van der Waals surface area (Å²) in [5, 5.41) is 17.6. The molecule has 7 heteroatoms. The third-order valence-electron chi connectivity index (χ3n) is 4.20. The van der Waals surface area contributed by atoms with Crippen LogP contribution in [0.3, 0.4) is 0 Å². The minimum Gasteiger partial charge on any atom is -0.481 e. The molecular weight excluding hydrogens is 373 g/mol. The SMILES string of the molecule is N#Cc1cnc(Oc2ccc(-c3cccc(CC(N)CC(=O)O)c3)cc2)c(F)c1. The number of rotatable bonds is 7. The van der Waals surface area contributed by atoms with Crippen LogP contribution in [-0.4, -0.2) is 22.1 Å². The summed E-state index contributed by atoms with van der Waals surface area (Å²) in [4.78, 5) is 14.6. The zero-order valence-corrected chi connectivity index (χ0v) is 15.4. The maximum Gasteiger partial charge on any atom is 0.304 e. The van der Waals surface area contributed by atoms with Crippen molar-refractivity contribution in [3.05, 3.63) is 77.7 Å². The number of aliphatic carboxylic acids is 1. The van der Waals surface area contributed by atoms with Gasteiger partial charge in [-0.05, 0) is 41.3 Å². The van der Waals surface area contributed by atoms with Crippen LogP contribution < -0.4 is 10.5 Å². The Labute approximate surface area is 167 Å². The number of nitriles is 1. The summed E-state index contributed by atoms with van der Waals surface area (Å²) in [5.74, 6) is -1.42. The monoisotopic (exact) mass is 391 g/mol. The van der Waals surface area contributed by atoms with Crippen molar-refractivity contribution in [2.45, 2.75) is 18.9 Å². The summed E-state index contributed by atoms with van der Waals surface area (Å²) in [6, 6.07) is 17.2. The molecule has 2 aromatic carbocycles. The minimum atomic E-state index is -0.919. The van der Waals surface area contributed by atoms with Gasteiger partial charge in [-0.3, -0.25) is 4.79 Å². The lowest BCUT2D eigenvalue weighted by atomic mass is 9.98. The number of ether oxygens (including phenoxy) is 1. The third-order valence-corrected chi connectivity index (χ3v) is 4.20. The Morgan fingerprint density at radius 3 is 2.62 bits per heavy atom. The van der Waals surface area contributed by atoms with Crippen molar-refractivity contribution < 1.29 is 19.0 Å². The van der Waals surface area contributed by atoms with Crippen LogP contribution >= 0.6 is 0 Å². The quantitative estimate of drug-likeness (QED) is 0.632. The number of carbonyl (C=O) groups is 1. The highest BCUT2D eigenvalue weighted by atomic mass is 19.1. The van der Waals surface area contributed by atoms with Crippen molar-refractivity contribution in [2.75, 3.05) is 0 Å². The molecule has 3 rings (SSSR count). The molecule has 0 spiro atoms. The van der Waals surface area contributed by atoms with Gasteiger partial charge in [0.15, 0.2) is 5.82 Å². The molecule has 0 fully saturated rings. The van der Waals surface area contributed by atoms with Crippen molar-refractivity contribution in [1.82, 2.24) is 4.98 Å². The maximum absolute atomic E-state index is 13.9. The molecule has 0 aliphatic carbocycles. The van der Waals surface area contributed by atoms with Crippen LogP contribution in [0, 0.1) is 17.1 Å². The average molecular weight is 391 g/mol. The Kier molecular flexibility index (Phi) is 6.17. The summed E-state index contributed by atoms with van der Waals surface area (Å²) in [6.45, 7) is 0. The Morgan fingerprint density at radius 1 is 1.21 bits per heavy atom. The van der Waals surface area contributed by atoms with E-state index in [1.54, 1.807) is 12.1 Å². The van der Waals surface area contributed by atoms with E-state index < -0.39 is 17.8 Å². The van der Waals surface area contributed by atoms with E-state index in [0.717, 1.165) is 22.8 Å². The number of hydrogen-bond acceptors (Lipinski definition) is 5. The third kappa shape index (κ3) is 5.37. The summed E-state index contributed by atoms with van der Waals surface area (Å²) in [7, 11) is 0. The maximum atomic E-state index is 13.9. The first-order chi connectivity index (χ1) is 13.9. The summed E-state index contributed by atoms with van der Waals surface area (Å²) in [6.07, 6.45) is 1.62. The molecule has 1 unspecified atom stereocenters. The highest BCUT2D eigenvalue weighted by molar-refractivity contribution is 5.68. The van der Waals surface area contributed by atoms with Gasteiger partial charge in [0.05, 0.1) is 12.0 Å². The molecule has 1 aromatic heterocycles. The molecular formula is C22H18FN3O3. The largest absolute Gasteiger partial charge is 0.481 e. The van der Waals surface area contributed by atoms with Gasteiger partial charge in [0.25, 0.3) is 5.88 Å². The van der Waals surface area contributed by atoms with E-state index in [1.165, 1.54) is 6.20 Å². The molecule has 0 saturated carbocycles. The molecule has 0 aliphatic heterocycles. The highest BCUT2D eigenvalue weighted by Crippen LogP contribution is 2.27. The first kappa shape index (κ1) is 20.0. The number of benzene rings is 2. The lowest BCUT2D eigenvalue weighted by Gasteiger charge is -2.11. The van der Waals surface area contributed by atoms with Gasteiger partial charge >= 0.3 is 5.97 Å². The summed E-state index contributed by atoms with van der Waals surface area (Å²) < 4.78 is 19.4. The minimum absolute atomic E-state index is 0.0871. The average Bonchev–Trinajstić information content (AvgIpc) is 2.69. The smallest absolute Gasteiger partial charge is 0.304 e. The highest BCUT2D eigenvalue weighted by Gasteiger charge is 2.11. The molecule has 0 aliphatic rings. The topological polar surface area (TPSA) is 109 Å². The zero-order valence-electron chi connectivity index (χ0n) is 15.4. The zero-order chi connectivity index (χ0) is 20.8. The van der Waals surface area contributed by atoms with Crippen LogP contribution in [0.25, 0.3) is 11.1 Å². The first-order valence-corrected chi connectivity index (χ1v) is 8.85. The van der Waals surface area contributed by atoms with Gasteiger partial charge < -0.3 is 15.6 Å². The second-order valence-corrected chi connectivity index (χ2v) is 6.51. The predicted molar refractivity (Wildman–Crippen MR) is 105 cm³/mol. The normalized spacial score (nSPS) is 11.5. The fourth-order valence-corrected chi connectivity index (χ4v) is 2.87. The molecule has 1 heterocycles. The van der Waals surface area contributed by atoms with Crippen molar-refractivity contribution in [2.24, 2.45) is 5.73 Å². The molecule has 6 nitrogen and oxygen atoms in total.